The monoisotopic (exact) mass is 300 g/mol. The summed E-state index contributed by atoms with van der Waals surface area (Å²) in [6.07, 6.45) is 5.03. The maximum atomic E-state index is 12.4. The smallest absolute Gasteiger partial charge is 0.293 e. The third-order valence-electron chi connectivity index (χ3n) is 3.60. The number of hydrogen-bond donors (Lipinski definition) is 1. The lowest BCUT2D eigenvalue weighted by atomic mass is 10.1. The van der Waals surface area contributed by atoms with Crippen LogP contribution < -0.4 is 16.0 Å². The molecular formula is C18H24N2O2. The summed E-state index contributed by atoms with van der Waals surface area (Å²) in [6, 6.07) is 11.6. The second-order valence-electron chi connectivity index (χ2n) is 5.38. The Morgan fingerprint density at radius 1 is 1.09 bits per heavy atom. The number of pyridine rings is 1. The lowest BCUT2D eigenvalue weighted by Crippen LogP contribution is -2.22. The van der Waals surface area contributed by atoms with E-state index in [1.54, 1.807) is 16.8 Å². The Morgan fingerprint density at radius 2 is 1.82 bits per heavy atom. The van der Waals surface area contributed by atoms with Crippen LogP contribution >= 0.6 is 0 Å². The van der Waals surface area contributed by atoms with E-state index in [0.29, 0.717) is 25.4 Å². The zero-order chi connectivity index (χ0) is 15.8. The van der Waals surface area contributed by atoms with E-state index >= 15 is 0 Å². The van der Waals surface area contributed by atoms with Crippen molar-refractivity contribution in [1.82, 2.24) is 4.57 Å². The van der Waals surface area contributed by atoms with Crippen molar-refractivity contribution in [2.24, 2.45) is 5.73 Å². The minimum Gasteiger partial charge on any atom is -0.488 e. The number of nitrogens with zero attached hydrogens (tertiary/aromatic N) is 1. The number of hydrogen-bond acceptors (Lipinski definition) is 3. The first-order chi connectivity index (χ1) is 10.7. The SMILES string of the molecule is CCCCCOc1cccn(Cc2ccc(CN)cc2)c1=O. The van der Waals surface area contributed by atoms with Crippen LogP contribution in [0.4, 0.5) is 0 Å². The van der Waals surface area contributed by atoms with Gasteiger partial charge in [-0.15, -0.1) is 0 Å². The van der Waals surface area contributed by atoms with Gasteiger partial charge in [-0.25, -0.2) is 0 Å². The summed E-state index contributed by atoms with van der Waals surface area (Å²) >= 11 is 0. The summed E-state index contributed by atoms with van der Waals surface area (Å²) in [6.45, 7) is 3.81. The van der Waals surface area contributed by atoms with Gasteiger partial charge in [0.15, 0.2) is 5.75 Å². The van der Waals surface area contributed by atoms with E-state index < -0.39 is 0 Å². The number of aromatic nitrogens is 1. The fraction of sp³-hybridized carbons (Fsp3) is 0.389. The molecule has 1 aromatic heterocycles. The molecule has 2 rings (SSSR count). The van der Waals surface area contributed by atoms with Gasteiger partial charge in [0.1, 0.15) is 0 Å². The van der Waals surface area contributed by atoms with Crippen LogP contribution in [0.1, 0.15) is 37.3 Å². The van der Waals surface area contributed by atoms with Gasteiger partial charge in [-0.1, -0.05) is 44.0 Å². The van der Waals surface area contributed by atoms with Crippen molar-refractivity contribution < 1.29 is 4.74 Å². The van der Waals surface area contributed by atoms with Crippen molar-refractivity contribution in [3.8, 4) is 5.75 Å². The number of rotatable bonds is 8. The van der Waals surface area contributed by atoms with Crippen LogP contribution in [0, 0.1) is 0 Å². The third-order valence-corrected chi connectivity index (χ3v) is 3.60. The Hall–Kier alpha value is -2.07. The van der Waals surface area contributed by atoms with Gasteiger partial charge >= 0.3 is 0 Å². The fourth-order valence-corrected chi connectivity index (χ4v) is 2.26. The van der Waals surface area contributed by atoms with Gasteiger partial charge < -0.3 is 15.0 Å². The normalized spacial score (nSPS) is 10.6. The van der Waals surface area contributed by atoms with Gasteiger partial charge in [-0.3, -0.25) is 4.79 Å². The highest BCUT2D eigenvalue weighted by Gasteiger charge is 2.05. The average molecular weight is 300 g/mol. The van der Waals surface area contributed by atoms with Crippen LogP contribution in [0.2, 0.25) is 0 Å². The first-order valence-electron chi connectivity index (χ1n) is 7.84. The van der Waals surface area contributed by atoms with Gasteiger partial charge in [0.25, 0.3) is 5.56 Å². The Kier molecular flexibility index (Phi) is 6.22. The predicted molar refractivity (Wildman–Crippen MR) is 89.2 cm³/mol. The first kappa shape index (κ1) is 16.3. The molecule has 22 heavy (non-hydrogen) atoms. The van der Waals surface area contributed by atoms with Crippen LogP contribution in [0.3, 0.4) is 0 Å². The molecule has 0 unspecified atom stereocenters. The molecule has 0 saturated heterocycles. The van der Waals surface area contributed by atoms with Gasteiger partial charge in [0.05, 0.1) is 13.2 Å². The third kappa shape index (κ3) is 4.46. The Labute approximate surface area is 131 Å². The lowest BCUT2D eigenvalue weighted by Gasteiger charge is -2.10. The molecule has 2 aromatic rings. The molecule has 0 saturated carbocycles. The quantitative estimate of drug-likeness (QED) is 0.763. The molecule has 0 aliphatic rings. The molecular weight excluding hydrogens is 276 g/mol. The van der Waals surface area contributed by atoms with Gasteiger partial charge in [0, 0.05) is 12.7 Å². The fourth-order valence-electron chi connectivity index (χ4n) is 2.26. The predicted octanol–water partition coefficient (Wildman–Crippen LogP) is 2.92. The highest BCUT2D eigenvalue weighted by molar-refractivity contribution is 5.24. The molecule has 4 nitrogen and oxygen atoms in total. The molecule has 2 N–H and O–H groups in total. The Morgan fingerprint density at radius 3 is 2.50 bits per heavy atom. The van der Waals surface area contributed by atoms with Crippen molar-refractivity contribution in [2.75, 3.05) is 6.61 Å². The van der Waals surface area contributed by atoms with E-state index in [0.717, 1.165) is 30.4 Å². The first-order valence-corrected chi connectivity index (χ1v) is 7.84. The van der Waals surface area contributed by atoms with Gasteiger partial charge in [-0.2, -0.15) is 0 Å². The number of unbranched alkanes of at least 4 members (excludes halogenated alkanes) is 2. The van der Waals surface area contributed by atoms with Gasteiger partial charge in [0.2, 0.25) is 0 Å². The summed E-state index contributed by atoms with van der Waals surface area (Å²) < 4.78 is 7.28. The van der Waals surface area contributed by atoms with Crippen LogP contribution in [0.15, 0.2) is 47.4 Å². The largest absolute Gasteiger partial charge is 0.488 e. The van der Waals surface area contributed by atoms with E-state index in [4.69, 9.17) is 10.5 Å². The van der Waals surface area contributed by atoms with E-state index in [1.807, 2.05) is 30.3 Å². The molecule has 0 radical (unpaired) electrons. The van der Waals surface area contributed by atoms with E-state index in [2.05, 4.69) is 6.92 Å². The maximum Gasteiger partial charge on any atom is 0.293 e. The number of ether oxygens (including phenoxy) is 1. The standard InChI is InChI=1S/C18H24N2O2/c1-2-3-4-12-22-17-6-5-11-20(18(17)21)14-16-9-7-15(13-19)8-10-16/h5-11H,2-4,12-14,19H2,1H3. The second-order valence-corrected chi connectivity index (χ2v) is 5.38. The Balaban J connectivity index is 2.05. The summed E-state index contributed by atoms with van der Waals surface area (Å²) in [7, 11) is 0. The lowest BCUT2D eigenvalue weighted by molar-refractivity contribution is 0.300. The molecule has 118 valence electrons. The van der Waals surface area contributed by atoms with E-state index in [9.17, 15) is 4.79 Å². The molecule has 4 heteroatoms. The van der Waals surface area contributed by atoms with E-state index in [-0.39, 0.29) is 5.56 Å². The zero-order valence-electron chi connectivity index (χ0n) is 13.1. The Bertz CT molecular complexity index is 632. The summed E-state index contributed by atoms with van der Waals surface area (Å²) in [4.78, 5) is 12.4. The highest BCUT2D eigenvalue weighted by atomic mass is 16.5. The van der Waals surface area contributed by atoms with Crippen LogP contribution in [-0.2, 0) is 13.1 Å². The molecule has 1 heterocycles. The number of benzene rings is 1. The summed E-state index contributed by atoms with van der Waals surface area (Å²) in [5.41, 5.74) is 7.67. The zero-order valence-corrected chi connectivity index (χ0v) is 13.1. The molecule has 0 aliphatic heterocycles. The molecule has 0 bridgehead atoms. The average Bonchev–Trinajstić information content (AvgIpc) is 2.55. The van der Waals surface area contributed by atoms with Crippen LogP contribution in [-0.4, -0.2) is 11.2 Å². The van der Waals surface area contributed by atoms with Crippen molar-refractivity contribution >= 4 is 0 Å². The molecule has 0 spiro atoms. The van der Waals surface area contributed by atoms with Crippen molar-refractivity contribution in [3.63, 3.8) is 0 Å². The summed E-state index contributed by atoms with van der Waals surface area (Å²) in [5, 5.41) is 0. The van der Waals surface area contributed by atoms with Crippen LogP contribution in [0.5, 0.6) is 5.75 Å². The van der Waals surface area contributed by atoms with Crippen molar-refractivity contribution in [1.29, 1.82) is 0 Å². The van der Waals surface area contributed by atoms with Crippen molar-refractivity contribution in [3.05, 3.63) is 64.1 Å². The number of nitrogens with two attached hydrogens (primary N) is 1. The molecule has 0 aliphatic carbocycles. The van der Waals surface area contributed by atoms with Gasteiger partial charge in [-0.05, 0) is 29.7 Å². The maximum absolute atomic E-state index is 12.4. The van der Waals surface area contributed by atoms with Crippen LogP contribution in [0.25, 0.3) is 0 Å². The minimum absolute atomic E-state index is 0.0816. The topological polar surface area (TPSA) is 57.2 Å². The second kappa shape index (κ2) is 8.39. The molecule has 0 atom stereocenters. The molecule has 1 aromatic carbocycles. The highest BCUT2D eigenvalue weighted by Crippen LogP contribution is 2.08. The summed E-state index contributed by atoms with van der Waals surface area (Å²) in [5.74, 6) is 0.428. The minimum atomic E-state index is -0.0816. The van der Waals surface area contributed by atoms with E-state index in [1.165, 1.54) is 0 Å². The van der Waals surface area contributed by atoms with Crippen molar-refractivity contribution in [2.45, 2.75) is 39.3 Å². The molecule has 0 fully saturated rings. The molecule has 0 amide bonds.